The van der Waals surface area contributed by atoms with Gasteiger partial charge in [-0.2, -0.15) is 0 Å². The number of nitrogens with one attached hydrogen (secondary N) is 1. The smallest absolute Gasteiger partial charge is 0.255 e. The molecule has 0 radical (unpaired) electrons. The number of aryl methyl sites for hydroxylation is 1. The highest BCUT2D eigenvalue weighted by Crippen LogP contribution is 2.60. The predicted octanol–water partition coefficient (Wildman–Crippen LogP) is 4.53. The number of amides is 3. The molecule has 3 aliphatic rings. The number of carbonyl (C=O) groups excluding carboxylic acids is 3. The number of para-hydroxylation sites is 1. The Morgan fingerprint density at radius 2 is 1.60 bits per heavy atom. The molecule has 2 aromatic carbocycles. The normalized spacial score (nSPS) is 31.9. The van der Waals surface area contributed by atoms with Gasteiger partial charge >= 0.3 is 0 Å². The Bertz CT molecular complexity index is 1040. The first-order valence-corrected chi connectivity index (χ1v) is 11.8. The third-order valence-corrected chi connectivity index (χ3v) is 9.95. The molecule has 3 amide bonds. The Balaban J connectivity index is 1.42. The highest BCUT2D eigenvalue weighted by Gasteiger charge is 2.66. The zero-order valence-electron chi connectivity index (χ0n) is 16.2. The quantitative estimate of drug-likeness (QED) is 0.467. The van der Waals surface area contributed by atoms with E-state index in [4.69, 9.17) is 0 Å². The van der Waals surface area contributed by atoms with Crippen LogP contribution in [-0.2, 0) is 9.59 Å². The zero-order valence-corrected chi connectivity index (χ0v) is 19.4. The lowest BCUT2D eigenvalue weighted by Crippen LogP contribution is -2.37. The molecule has 5 nitrogen and oxygen atoms in total. The van der Waals surface area contributed by atoms with Gasteiger partial charge in [-0.25, -0.2) is 0 Å². The SMILES string of the molecule is Cc1ccccc1NC(=O)c1cccc(N2C(=O)[C@@H]3[C@H]4C[C@@H]([C@H](Br)[C@H]4Br)[C@H]3C2=O)c1. The van der Waals surface area contributed by atoms with Crippen LogP contribution < -0.4 is 10.2 Å². The van der Waals surface area contributed by atoms with Crippen molar-refractivity contribution in [1.82, 2.24) is 0 Å². The molecule has 0 aromatic heterocycles. The average Bonchev–Trinajstić information content (AvgIpc) is 3.34. The number of halogens is 2. The first kappa shape index (κ1) is 19.9. The largest absolute Gasteiger partial charge is 0.322 e. The molecular weight excluding hydrogens is 512 g/mol. The number of nitrogens with zero attached hydrogens (tertiary/aromatic N) is 1. The van der Waals surface area contributed by atoms with E-state index < -0.39 is 0 Å². The third kappa shape index (κ3) is 2.89. The van der Waals surface area contributed by atoms with Crippen LogP contribution >= 0.6 is 31.9 Å². The minimum absolute atomic E-state index is 0.141. The van der Waals surface area contributed by atoms with Gasteiger partial charge in [0.1, 0.15) is 0 Å². The summed E-state index contributed by atoms with van der Waals surface area (Å²) in [7, 11) is 0. The Hall–Kier alpha value is -1.99. The number of benzene rings is 2. The van der Waals surface area contributed by atoms with Crippen molar-refractivity contribution in [2.45, 2.75) is 23.0 Å². The summed E-state index contributed by atoms with van der Waals surface area (Å²) in [6.07, 6.45) is 0.894. The fourth-order valence-electron chi connectivity index (χ4n) is 5.30. The van der Waals surface area contributed by atoms with Crippen molar-refractivity contribution >= 4 is 61.0 Å². The van der Waals surface area contributed by atoms with Crippen molar-refractivity contribution in [2.24, 2.45) is 23.7 Å². The highest BCUT2D eigenvalue weighted by atomic mass is 79.9. The Morgan fingerprint density at radius 3 is 2.23 bits per heavy atom. The maximum absolute atomic E-state index is 13.2. The van der Waals surface area contributed by atoms with Crippen molar-refractivity contribution < 1.29 is 14.4 Å². The summed E-state index contributed by atoms with van der Waals surface area (Å²) < 4.78 is 0. The molecular formula is C23H20Br2N2O3. The lowest BCUT2D eigenvalue weighted by molar-refractivity contribution is -0.123. The van der Waals surface area contributed by atoms with Crippen LogP contribution in [0.5, 0.6) is 0 Å². The van der Waals surface area contributed by atoms with E-state index in [0.717, 1.165) is 17.7 Å². The van der Waals surface area contributed by atoms with Gasteiger partial charge in [-0.05, 0) is 55.0 Å². The molecule has 0 spiro atoms. The summed E-state index contributed by atoms with van der Waals surface area (Å²) >= 11 is 7.41. The standard InChI is InChI=1S/C23H20Br2N2O3/c1-11-5-2-3-8-16(11)26-21(28)12-6-4-7-13(9-12)27-22(29)17-14-10-15(18(17)23(27)30)20(25)19(14)24/h2-9,14-15,17-20H,10H2,1H3,(H,26,28)/t14-,15-,17-,18-,19+,20+/m1/s1. The molecule has 0 unspecified atom stereocenters. The Morgan fingerprint density at radius 1 is 0.967 bits per heavy atom. The second-order valence-electron chi connectivity index (χ2n) is 8.34. The minimum Gasteiger partial charge on any atom is -0.322 e. The molecule has 2 bridgehead atoms. The molecule has 3 fully saturated rings. The van der Waals surface area contributed by atoms with Crippen LogP contribution in [0.25, 0.3) is 0 Å². The molecule has 7 heteroatoms. The lowest BCUT2D eigenvalue weighted by Gasteiger charge is -2.28. The molecule has 6 atom stereocenters. The van der Waals surface area contributed by atoms with Crippen LogP contribution in [-0.4, -0.2) is 27.4 Å². The van der Waals surface area contributed by atoms with Gasteiger partial charge in [0.05, 0.1) is 17.5 Å². The van der Waals surface area contributed by atoms with Crippen molar-refractivity contribution in [3.63, 3.8) is 0 Å². The molecule has 5 rings (SSSR count). The number of alkyl halides is 2. The fraction of sp³-hybridized carbons (Fsp3) is 0.348. The van der Waals surface area contributed by atoms with Crippen LogP contribution in [0.4, 0.5) is 11.4 Å². The number of hydrogen-bond acceptors (Lipinski definition) is 3. The van der Waals surface area contributed by atoms with Gasteiger partial charge in [-0.1, -0.05) is 56.1 Å². The monoisotopic (exact) mass is 530 g/mol. The molecule has 2 aromatic rings. The molecule has 2 saturated carbocycles. The van der Waals surface area contributed by atoms with E-state index in [2.05, 4.69) is 37.2 Å². The van der Waals surface area contributed by atoms with Gasteiger partial charge in [0.2, 0.25) is 11.8 Å². The van der Waals surface area contributed by atoms with Gasteiger partial charge in [-0.15, -0.1) is 0 Å². The zero-order chi connectivity index (χ0) is 21.2. The van der Waals surface area contributed by atoms with E-state index in [9.17, 15) is 14.4 Å². The van der Waals surface area contributed by atoms with E-state index >= 15 is 0 Å². The summed E-state index contributed by atoms with van der Waals surface area (Å²) in [6, 6.07) is 14.3. The summed E-state index contributed by atoms with van der Waals surface area (Å²) in [4.78, 5) is 40.9. The number of anilines is 2. The number of carbonyl (C=O) groups is 3. The third-order valence-electron chi connectivity index (χ3n) is 6.75. The van der Waals surface area contributed by atoms with Crippen LogP contribution in [0.3, 0.4) is 0 Å². The molecule has 1 N–H and O–H groups in total. The molecule has 154 valence electrons. The van der Waals surface area contributed by atoms with Gasteiger partial charge in [0.25, 0.3) is 5.91 Å². The van der Waals surface area contributed by atoms with Crippen molar-refractivity contribution in [1.29, 1.82) is 0 Å². The first-order valence-electron chi connectivity index (χ1n) is 10.0. The highest BCUT2D eigenvalue weighted by molar-refractivity contribution is 9.12. The Kier molecular flexibility index (Phi) is 4.86. The molecule has 1 saturated heterocycles. The summed E-state index contributed by atoms with van der Waals surface area (Å²) in [5.41, 5.74) is 2.57. The maximum atomic E-state index is 13.2. The Labute approximate surface area is 191 Å². The molecule has 2 aliphatic carbocycles. The summed E-state index contributed by atoms with van der Waals surface area (Å²) in [5, 5.41) is 2.90. The number of rotatable bonds is 3. The molecule has 1 aliphatic heterocycles. The minimum atomic E-state index is -0.273. The summed E-state index contributed by atoms with van der Waals surface area (Å²) in [5.74, 6) is -0.769. The number of hydrogen-bond donors (Lipinski definition) is 1. The van der Waals surface area contributed by atoms with E-state index in [1.54, 1.807) is 24.3 Å². The van der Waals surface area contributed by atoms with Crippen molar-refractivity contribution in [3.05, 3.63) is 59.7 Å². The van der Waals surface area contributed by atoms with Gasteiger partial charge < -0.3 is 5.32 Å². The fourth-order valence-corrected chi connectivity index (χ4v) is 7.17. The maximum Gasteiger partial charge on any atom is 0.255 e. The summed E-state index contributed by atoms with van der Waals surface area (Å²) in [6.45, 7) is 1.93. The van der Waals surface area contributed by atoms with Crippen LogP contribution in [0.1, 0.15) is 22.3 Å². The first-order chi connectivity index (χ1) is 14.4. The second kappa shape index (κ2) is 7.31. The van der Waals surface area contributed by atoms with E-state index in [1.807, 2.05) is 31.2 Å². The van der Waals surface area contributed by atoms with E-state index in [-0.39, 0.29) is 51.0 Å². The predicted molar refractivity (Wildman–Crippen MR) is 122 cm³/mol. The van der Waals surface area contributed by atoms with Crippen LogP contribution in [0.2, 0.25) is 0 Å². The van der Waals surface area contributed by atoms with Gasteiger partial charge in [-0.3, -0.25) is 19.3 Å². The average molecular weight is 532 g/mol. The van der Waals surface area contributed by atoms with E-state index in [0.29, 0.717) is 11.3 Å². The number of fused-ring (bicyclic) bond motifs is 5. The lowest BCUT2D eigenvalue weighted by atomic mass is 9.81. The van der Waals surface area contributed by atoms with Crippen molar-refractivity contribution in [3.8, 4) is 0 Å². The molecule has 30 heavy (non-hydrogen) atoms. The number of imide groups is 1. The van der Waals surface area contributed by atoms with Gasteiger partial charge in [0.15, 0.2) is 0 Å². The van der Waals surface area contributed by atoms with Crippen molar-refractivity contribution in [2.75, 3.05) is 10.2 Å². The van der Waals surface area contributed by atoms with Crippen LogP contribution in [0, 0.1) is 30.6 Å². The van der Waals surface area contributed by atoms with Crippen LogP contribution in [0.15, 0.2) is 48.5 Å². The topological polar surface area (TPSA) is 66.5 Å². The molecule has 1 heterocycles. The second-order valence-corrected chi connectivity index (χ2v) is 10.4. The van der Waals surface area contributed by atoms with E-state index in [1.165, 1.54) is 4.90 Å². The van der Waals surface area contributed by atoms with Gasteiger partial charge in [0, 0.05) is 20.9 Å².